The summed E-state index contributed by atoms with van der Waals surface area (Å²) in [7, 11) is 0. The van der Waals surface area contributed by atoms with E-state index in [1.807, 2.05) is 0 Å². The summed E-state index contributed by atoms with van der Waals surface area (Å²) in [5.74, 6) is 0.507. The molecule has 0 N–H and O–H groups in total. The molecule has 2 aliphatic rings. The van der Waals surface area contributed by atoms with E-state index in [2.05, 4.69) is 13.8 Å². The average Bonchev–Trinajstić information content (AvgIpc) is 2.34. The fraction of sp³-hybridized carbons (Fsp3) is 1.00. The lowest BCUT2D eigenvalue weighted by Gasteiger charge is -2.23. The molecule has 2 fully saturated rings. The molecule has 0 aromatic rings. The molecule has 0 bridgehead atoms. The SMILES string of the molecule is CC1(C)C2OCC(C(Cl)(Cl)Cl)C21. The van der Waals surface area contributed by atoms with Crippen LogP contribution in [0.25, 0.3) is 0 Å². The van der Waals surface area contributed by atoms with Crippen LogP contribution in [0, 0.1) is 17.3 Å². The van der Waals surface area contributed by atoms with E-state index in [0.717, 1.165) is 0 Å². The van der Waals surface area contributed by atoms with E-state index < -0.39 is 3.79 Å². The van der Waals surface area contributed by atoms with E-state index in [1.165, 1.54) is 0 Å². The lowest BCUT2D eigenvalue weighted by atomic mass is 9.99. The summed E-state index contributed by atoms with van der Waals surface area (Å²) in [6.45, 7) is 4.91. The Kier molecular flexibility index (Phi) is 1.91. The summed E-state index contributed by atoms with van der Waals surface area (Å²) in [5, 5.41) is 0. The van der Waals surface area contributed by atoms with Crippen LogP contribution >= 0.6 is 34.8 Å². The third-order valence-corrected chi connectivity index (χ3v) is 3.96. The molecule has 0 amide bonds. The van der Waals surface area contributed by atoms with Gasteiger partial charge in [-0.05, 0) is 5.41 Å². The van der Waals surface area contributed by atoms with Gasteiger partial charge in [-0.2, -0.15) is 0 Å². The topological polar surface area (TPSA) is 9.23 Å². The predicted molar refractivity (Wildman–Crippen MR) is 50.8 cm³/mol. The monoisotopic (exact) mass is 228 g/mol. The summed E-state index contributed by atoms with van der Waals surface area (Å²) >= 11 is 17.5. The number of hydrogen-bond acceptors (Lipinski definition) is 1. The maximum atomic E-state index is 5.84. The van der Waals surface area contributed by atoms with Crippen LogP contribution < -0.4 is 0 Å². The van der Waals surface area contributed by atoms with Gasteiger partial charge in [-0.15, -0.1) is 0 Å². The quantitative estimate of drug-likeness (QED) is 0.580. The zero-order chi connectivity index (χ0) is 9.15. The van der Waals surface area contributed by atoms with Crippen LogP contribution in [0.3, 0.4) is 0 Å². The second-order valence-electron chi connectivity index (χ2n) is 4.25. The smallest absolute Gasteiger partial charge is 0.195 e. The standard InChI is InChI=1S/C8H11Cl3O/c1-7(2)5-4(8(9,10)11)3-12-6(5)7/h4-6H,3H2,1-2H3. The Labute approximate surface area is 87.3 Å². The van der Waals surface area contributed by atoms with Gasteiger partial charge in [0, 0.05) is 11.8 Å². The van der Waals surface area contributed by atoms with Crippen LogP contribution in [0.15, 0.2) is 0 Å². The lowest BCUT2D eigenvalue weighted by molar-refractivity contribution is 0.0983. The fourth-order valence-electron chi connectivity index (χ4n) is 2.29. The normalized spacial score (nSPS) is 44.2. The van der Waals surface area contributed by atoms with Gasteiger partial charge in [0.25, 0.3) is 0 Å². The van der Waals surface area contributed by atoms with Crippen molar-refractivity contribution in [3.05, 3.63) is 0 Å². The van der Waals surface area contributed by atoms with Crippen molar-refractivity contribution in [2.45, 2.75) is 23.7 Å². The molecule has 1 nitrogen and oxygen atoms in total. The minimum Gasteiger partial charge on any atom is -0.377 e. The Morgan fingerprint density at radius 3 is 2.17 bits per heavy atom. The molecule has 4 heteroatoms. The average molecular weight is 230 g/mol. The molecule has 0 spiro atoms. The molecule has 0 radical (unpaired) electrons. The number of hydrogen-bond donors (Lipinski definition) is 0. The van der Waals surface area contributed by atoms with Crippen LogP contribution in [0.5, 0.6) is 0 Å². The first-order valence-corrected chi connectivity index (χ1v) is 5.17. The van der Waals surface area contributed by atoms with Gasteiger partial charge in [-0.3, -0.25) is 0 Å². The molecule has 1 heterocycles. The third-order valence-electron chi connectivity index (χ3n) is 3.12. The van der Waals surface area contributed by atoms with Crippen molar-refractivity contribution in [1.29, 1.82) is 0 Å². The van der Waals surface area contributed by atoms with Crippen molar-refractivity contribution in [3.8, 4) is 0 Å². The summed E-state index contributed by atoms with van der Waals surface area (Å²) < 4.78 is 4.37. The number of ether oxygens (including phenoxy) is 1. The zero-order valence-corrected chi connectivity index (χ0v) is 9.25. The van der Waals surface area contributed by atoms with E-state index in [9.17, 15) is 0 Å². The van der Waals surface area contributed by atoms with E-state index in [1.54, 1.807) is 0 Å². The van der Waals surface area contributed by atoms with Crippen LogP contribution in [0.4, 0.5) is 0 Å². The van der Waals surface area contributed by atoms with Gasteiger partial charge >= 0.3 is 0 Å². The lowest BCUT2D eigenvalue weighted by Crippen LogP contribution is -2.25. The maximum Gasteiger partial charge on any atom is 0.195 e. The zero-order valence-electron chi connectivity index (χ0n) is 6.98. The second kappa shape index (κ2) is 2.44. The molecular weight excluding hydrogens is 218 g/mol. The Hall–Kier alpha value is 0.830. The van der Waals surface area contributed by atoms with Gasteiger partial charge in [0.1, 0.15) is 0 Å². The summed E-state index contributed by atoms with van der Waals surface area (Å²) in [6.07, 6.45) is 0.318. The predicted octanol–water partition coefficient (Wildman–Crippen LogP) is 3.03. The summed E-state index contributed by atoms with van der Waals surface area (Å²) in [6, 6.07) is 0. The highest BCUT2D eigenvalue weighted by molar-refractivity contribution is 6.67. The molecule has 1 aliphatic carbocycles. The number of rotatable bonds is 0. The van der Waals surface area contributed by atoms with Crippen LogP contribution in [0.2, 0.25) is 0 Å². The third kappa shape index (κ3) is 1.18. The number of fused-ring (bicyclic) bond motifs is 1. The van der Waals surface area contributed by atoms with Crippen molar-refractivity contribution < 1.29 is 4.74 Å². The van der Waals surface area contributed by atoms with Crippen LogP contribution in [-0.2, 0) is 4.74 Å². The molecule has 70 valence electrons. The molecule has 0 aromatic carbocycles. The molecule has 3 unspecified atom stereocenters. The molecule has 1 saturated heterocycles. The van der Waals surface area contributed by atoms with Gasteiger partial charge in [0.05, 0.1) is 12.7 Å². The van der Waals surface area contributed by atoms with Crippen molar-refractivity contribution >= 4 is 34.8 Å². The number of alkyl halides is 3. The minimum absolute atomic E-state index is 0.0718. The fourth-order valence-corrected chi connectivity index (χ4v) is 2.88. The van der Waals surface area contributed by atoms with Crippen molar-refractivity contribution in [1.82, 2.24) is 0 Å². The first-order chi connectivity index (χ1) is 5.35. The van der Waals surface area contributed by atoms with Crippen molar-refractivity contribution in [3.63, 3.8) is 0 Å². The summed E-state index contributed by atoms with van der Waals surface area (Å²) in [5.41, 5.74) is 0.215. The highest BCUT2D eigenvalue weighted by Gasteiger charge is 2.69. The Morgan fingerprint density at radius 2 is 1.92 bits per heavy atom. The van der Waals surface area contributed by atoms with Gasteiger partial charge in [-0.1, -0.05) is 48.7 Å². The van der Waals surface area contributed by atoms with Gasteiger partial charge in [0.15, 0.2) is 3.79 Å². The first kappa shape index (κ1) is 9.39. The highest BCUT2D eigenvalue weighted by atomic mass is 35.6. The Morgan fingerprint density at radius 1 is 1.33 bits per heavy atom. The summed E-state index contributed by atoms with van der Waals surface area (Å²) in [4.78, 5) is 0. The first-order valence-electron chi connectivity index (χ1n) is 4.03. The van der Waals surface area contributed by atoms with Gasteiger partial charge in [-0.25, -0.2) is 0 Å². The van der Waals surface area contributed by atoms with E-state index >= 15 is 0 Å². The highest BCUT2D eigenvalue weighted by Crippen LogP contribution is 2.65. The van der Waals surface area contributed by atoms with Gasteiger partial charge in [0.2, 0.25) is 0 Å². The van der Waals surface area contributed by atoms with Crippen molar-refractivity contribution in [2.24, 2.45) is 17.3 Å². The largest absolute Gasteiger partial charge is 0.377 e. The molecule has 1 saturated carbocycles. The van der Waals surface area contributed by atoms with Crippen LogP contribution in [-0.4, -0.2) is 16.5 Å². The molecule has 2 rings (SSSR count). The van der Waals surface area contributed by atoms with E-state index in [0.29, 0.717) is 18.6 Å². The minimum atomic E-state index is -1.16. The number of halogens is 3. The van der Waals surface area contributed by atoms with Crippen LogP contribution in [0.1, 0.15) is 13.8 Å². The maximum absolute atomic E-state index is 5.84. The van der Waals surface area contributed by atoms with E-state index in [-0.39, 0.29) is 11.3 Å². The Balaban J connectivity index is 2.13. The molecule has 3 atom stereocenters. The molecule has 0 aromatic heterocycles. The van der Waals surface area contributed by atoms with E-state index in [4.69, 9.17) is 39.5 Å². The Bertz CT molecular complexity index is 209. The second-order valence-corrected chi connectivity index (χ2v) is 6.62. The molecule has 1 aliphatic heterocycles. The molecule has 12 heavy (non-hydrogen) atoms. The molecular formula is C8H11Cl3O. The van der Waals surface area contributed by atoms with Crippen molar-refractivity contribution in [2.75, 3.05) is 6.61 Å². The van der Waals surface area contributed by atoms with Gasteiger partial charge < -0.3 is 4.74 Å².